The van der Waals surface area contributed by atoms with Gasteiger partial charge in [0, 0.05) is 11.1 Å². The molecule has 0 bridgehead atoms. The molecule has 1 aromatic carbocycles. The van der Waals surface area contributed by atoms with E-state index in [9.17, 15) is 13.0 Å². The summed E-state index contributed by atoms with van der Waals surface area (Å²) in [5, 5.41) is 0. The molecule has 0 fully saturated rings. The quantitative estimate of drug-likeness (QED) is 0.865. The van der Waals surface area contributed by atoms with Crippen molar-refractivity contribution in [3.63, 3.8) is 0 Å². The second-order valence-electron chi connectivity index (χ2n) is 5.48. The zero-order chi connectivity index (χ0) is 14.4. The molecular weight excluding hydrogens is 262 g/mol. The molecule has 1 heterocycles. The van der Waals surface area contributed by atoms with E-state index in [1.807, 2.05) is 27.7 Å². The fraction of sp³-hybridized carbons (Fsp3) is 0.500. The van der Waals surface area contributed by atoms with Gasteiger partial charge in [0.25, 0.3) is 10.1 Å². The Hall–Kier alpha value is -1.20. The molecule has 0 unspecified atom stereocenters. The van der Waals surface area contributed by atoms with E-state index in [-0.39, 0.29) is 10.3 Å². The smallest absolute Gasteiger partial charge is 0.282 e. The van der Waals surface area contributed by atoms with Crippen LogP contribution >= 0.6 is 0 Å². The number of nitrogens with zero attached hydrogens (tertiary/aromatic N) is 1. The Balaban J connectivity index is 2.79. The lowest BCUT2D eigenvalue weighted by molar-refractivity contribution is 0.481. The third-order valence-electron chi connectivity index (χ3n) is 3.84. The van der Waals surface area contributed by atoms with E-state index in [4.69, 9.17) is 0 Å². The van der Waals surface area contributed by atoms with Crippen LogP contribution in [-0.2, 0) is 22.0 Å². The normalized spacial score (nSPS) is 17.2. The number of hydrogen-bond acceptors (Lipinski definition) is 3. The summed E-state index contributed by atoms with van der Waals surface area (Å²) < 4.78 is 32.5. The van der Waals surface area contributed by atoms with Crippen LogP contribution in [0.25, 0.3) is 0 Å². The van der Waals surface area contributed by atoms with Gasteiger partial charge in [-0.15, -0.1) is 0 Å². The van der Waals surface area contributed by atoms with Crippen LogP contribution in [-0.4, -0.2) is 18.7 Å². The minimum absolute atomic E-state index is 0.0195. The summed E-state index contributed by atoms with van der Waals surface area (Å²) in [5.74, 6) is 0. The van der Waals surface area contributed by atoms with Crippen molar-refractivity contribution in [3.8, 4) is 0 Å². The molecule has 0 spiro atoms. The third-order valence-corrected chi connectivity index (χ3v) is 4.78. The Labute approximate surface area is 114 Å². The standard InChI is InChI=1S/C14H19NO3S/c1-5-6-10-12(19(16,17)18)8-7-11-13(10)14(3,4)9(2)15-11/h7-8H,5-6H2,1-4H3,(H,16,17,18). The minimum Gasteiger partial charge on any atom is -0.282 e. The summed E-state index contributed by atoms with van der Waals surface area (Å²) in [6, 6.07) is 3.13. The van der Waals surface area contributed by atoms with Crippen molar-refractivity contribution < 1.29 is 13.0 Å². The summed E-state index contributed by atoms with van der Waals surface area (Å²) in [4.78, 5) is 4.53. The predicted molar refractivity (Wildman–Crippen MR) is 76.0 cm³/mol. The summed E-state index contributed by atoms with van der Waals surface area (Å²) in [5.41, 5.74) is 3.13. The highest BCUT2D eigenvalue weighted by atomic mass is 32.2. The summed E-state index contributed by atoms with van der Waals surface area (Å²) in [7, 11) is -4.20. The van der Waals surface area contributed by atoms with Crippen molar-refractivity contribution in [2.75, 3.05) is 0 Å². The van der Waals surface area contributed by atoms with Crippen LogP contribution in [0.3, 0.4) is 0 Å². The molecule has 104 valence electrons. The van der Waals surface area contributed by atoms with Crippen molar-refractivity contribution in [2.45, 2.75) is 50.8 Å². The molecule has 0 aliphatic carbocycles. The van der Waals surface area contributed by atoms with Crippen LogP contribution in [0.4, 0.5) is 5.69 Å². The Morgan fingerprint density at radius 1 is 1.32 bits per heavy atom. The molecule has 19 heavy (non-hydrogen) atoms. The first-order valence-corrected chi connectivity index (χ1v) is 7.83. The van der Waals surface area contributed by atoms with Crippen molar-refractivity contribution in [1.82, 2.24) is 0 Å². The van der Waals surface area contributed by atoms with E-state index < -0.39 is 10.1 Å². The van der Waals surface area contributed by atoms with Gasteiger partial charge in [-0.2, -0.15) is 8.42 Å². The molecular formula is C14H19NO3S. The van der Waals surface area contributed by atoms with E-state index >= 15 is 0 Å². The molecule has 2 rings (SSSR count). The molecule has 1 aliphatic rings. The van der Waals surface area contributed by atoms with Gasteiger partial charge in [-0.25, -0.2) is 0 Å². The molecule has 5 heteroatoms. The van der Waals surface area contributed by atoms with Crippen molar-refractivity contribution in [3.05, 3.63) is 23.3 Å². The number of rotatable bonds is 3. The maximum atomic E-state index is 11.5. The first-order valence-electron chi connectivity index (χ1n) is 6.39. The first-order chi connectivity index (χ1) is 8.69. The van der Waals surface area contributed by atoms with E-state index in [0.717, 1.165) is 23.4 Å². The summed E-state index contributed by atoms with van der Waals surface area (Å²) >= 11 is 0. The maximum absolute atomic E-state index is 11.5. The third kappa shape index (κ3) is 2.21. The highest BCUT2D eigenvalue weighted by Crippen LogP contribution is 2.44. The maximum Gasteiger partial charge on any atom is 0.294 e. The zero-order valence-corrected chi connectivity index (χ0v) is 12.5. The molecule has 0 saturated carbocycles. The van der Waals surface area contributed by atoms with Gasteiger partial charge < -0.3 is 0 Å². The Bertz CT molecular complexity index is 658. The van der Waals surface area contributed by atoms with Crippen molar-refractivity contribution in [2.24, 2.45) is 4.99 Å². The van der Waals surface area contributed by atoms with Crippen LogP contribution in [0.2, 0.25) is 0 Å². The fourth-order valence-corrected chi connectivity index (χ4v) is 3.40. The lowest BCUT2D eigenvalue weighted by atomic mass is 9.79. The van der Waals surface area contributed by atoms with Gasteiger partial charge in [-0.1, -0.05) is 27.2 Å². The SMILES string of the molecule is CCCc1c(S(=O)(=O)O)ccc2c1C(C)(C)C(C)=N2. The topological polar surface area (TPSA) is 66.7 Å². The van der Waals surface area contributed by atoms with Crippen molar-refractivity contribution in [1.29, 1.82) is 0 Å². The van der Waals surface area contributed by atoms with Gasteiger partial charge in [0.2, 0.25) is 0 Å². The molecule has 0 saturated heterocycles. The average molecular weight is 281 g/mol. The van der Waals surface area contributed by atoms with Gasteiger partial charge >= 0.3 is 0 Å². The van der Waals surface area contributed by atoms with Gasteiger partial charge in [0.15, 0.2) is 0 Å². The molecule has 1 aliphatic heterocycles. The van der Waals surface area contributed by atoms with Gasteiger partial charge in [-0.05, 0) is 36.6 Å². The highest BCUT2D eigenvalue weighted by molar-refractivity contribution is 7.85. The lowest BCUT2D eigenvalue weighted by Gasteiger charge is -2.24. The van der Waals surface area contributed by atoms with Crippen molar-refractivity contribution >= 4 is 21.5 Å². The Morgan fingerprint density at radius 2 is 1.95 bits per heavy atom. The molecule has 1 N–H and O–H groups in total. The Kier molecular flexibility index (Phi) is 3.31. The van der Waals surface area contributed by atoms with Crippen LogP contribution in [0.5, 0.6) is 0 Å². The zero-order valence-electron chi connectivity index (χ0n) is 11.7. The number of fused-ring (bicyclic) bond motifs is 1. The Morgan fingerprint density at radius 3 is 2.47 bits per heavy atom. The second-order valence-corrected chi connectivity index (χ2v) is 6.87. The molecule has 0 radical (unpaired) electrons. The highest BCUT2D eigenvalue weighted by Gasteiger charge is 2.36. The average Bonchev–Trinajstić information content (AvgIpc) is 2.49. The van der Waals surface area contributed by atoms with Crippen LogP contribution < -0.4 is 0 Å². The van der Waals surface area contributed by atoms with E-state index in [2.05, 4.69) is 4.99 Å². The first kappa shape index (κ1) is 14.2. The molecule has 1 aromatic rings. The molecule has 0 aromatic heterocycles. The van der Waals surface area contributed by atoms with E-state index in [1.54, 1.807) is 6.07 Å². The fourth-order valence-electron chi connectivity index (χ4n) is 2.65. The van der Waals surface area contributed by atoms with Crippen LogP contribution in [0.15, 0.2) is 22.0 Å². The summed E-state index contributed by atoms with van der Waals surface area (Å²) in [6.07, 6.45) is 1.43. The lowest BCUT2D eigenvalue weighted by Crippen LogP contribution is -2.25. The monoisotopic (exact) mass is 281 g/mol. The largest absolute Gasteiger partial charge is 0.294 e. The minimum atomic E-state index is -4.20. The van der Waals surface area contributed by atoms with Gasteiger partial charge in [0.1, 0.15) is 0 Å². The molecule has 4 nitrogen and oxygen atoms in total. The molecule has 0 amide bonds. The summed E-state index contributed by atoms with van der Waals surface area (Å²) in [6.45, 7) is 8.00. The van der Waals surface area contributed by atoms with E-state index in [1.165, 1.54) is 6.07 Å². The van der Waals surface area contributed by atoms with Gasteiger partial charge in [-0.3, -0.25) is 9.55 Å². The number of benzene rings is 1. The van der Waals surface area contributed by atoms with Crippen LogP contribution in [0, 0.1) is 0 Å². The number of aliphatic imine (C=N–C) groups is 1. The van der Waals surface area contributed by atoms with Crippen LogP contribution in [0.1, 0.15) is 45.2 Å². The predicted octanol–water partition coefficient (Wildman–Crippen LogP) is 3.27. The van der Waals surface area contributed by atoms with Gasteiger partial charge in [0.05, 0.1) is 10.6 Å². The second kappa shape index (κ2) is 4.42. The number of hydrogen-bond donors (Lipinski definition) is 1. The molecule has 0 atom stereocenters. The van der Waals surface area contributed by atoms with E-state index in [0.29, 0.717) is 12.0 Å².